The summed E-state index contributed by atoms with van der Waals surface area (Å²) in [6, 6.07) is 25.6. The molecule has 1 heterocycles. The summed E-state index contributed by atoms with van der Waals surface area (Å²) in [5, 5.41) is 24.5. The van der Waals surface area contributed by atoms with E-state index in [1.165, 1.54) is 60.7 Å². The molecule has 0 spiro atoms. The van der Waals surface area contributed by atoms with Crippen molar-refractivity contribution in [3.8, 4) is 6.07 Å². The third kappa shape index (κ3) is 42.3. The first-order valence-corrected chi connectivity index (χ1v) is 40.7. The molecular formula is C87H94BBr3ClF17N6O11. The minimum absolute atomic E-state index is 0.0724. The van der Waals surface area contributed by atoms with Gasteiger partial charge in [0.1, 0.15) is 41.2 Å². The number of hydrogen-bond donors (Lipinski definition) is 6. The monoisotopic (exact) mass is 2000 g/mol. The predicted octanol–water partition coefficient (Wildman–Crippen LogP) is 23.7. The zero-order valence-electron chi connectivity index (χ0n) is 70.1. The number of ether oxygens (including phenoxy) is 1. The van der Waals surface area contributed by atoms with E-state index in [1.54, 1.807) is 111 Å². The van der Waals surface area contributed by atoms with Gasteiger partial charge in [0.05, 0.1) is 58.5 Å². The number of carbonyl (C=O) groups is 7. The Labute approximate surface area is 749 Å². The first-order valence-electron chi connectivity index (χ1n) is 37.9. The number of rotatable bonds is 22. The van der Waals surface area contributed by atoms with Crippen LogP contribution in [0.4, 0.5) is 74.6 Å². The van der Waals surface area contributed by atoms with E-state index in [1.807, 2.05) is 27.7 Å². The SMILES string of the molecule is CC(N)c1ccc(Br)cc1F.CCC(=O)Cl.CCC(=O)NC(C)c1ccc(/C=C/C(=O)CC(c2cccc(C(F)(F)F)c2)C(F)(F)F)cc1F.CCC(=O)NC(C)c1ccc(/C=C/C(=O)O)cc1F.CCC(=O)NC(C)c1ccc(Br)cc1F.CCOC(=O)/C=C/B1OC(C)(C)C(C)(C)O1.N#Cc1ccc(Br)cc1F.NC(c1cccc(C(F)(F)F)c1)C(F)(F)F. The normalized spacial score (nSPS) is 14.1. The number of benzene rings is 7. The molecule has 1 aliphatic rings. The average molecular weight is 2010 g/mol. The van der Waals surface area contributed by atoms with E-state index in [4.69, 9.17) is 47.5 Å². The molecule has 688 valence electrons. The third-order valence-corrected chi connectivity index (χ3v) is 19.2. The number of carboxylic acids is 1. The second kappa shape index (κ2) is 53.9. The first-order chi connectivity index (χ1) is 58.2. The van der Waals surface area contributed by atoms with Gasteiger partial charge in [0.15, 0.2) is 5.78 Å². The number of nitrogens with zero attached hydrogens (tertiary/aromatic N) is 1. The van der Waals surface area contributed by atoms with E-state index >= 15 is 0 Å². The second-order valence-corrected chi connectivity index (χ2v) is 31.0. The van der Waals surface area contributed by atoms with Crippen LogP contribution in [0.15, 0.2) is 177 Å². The molecule has 0 bridgehead atoms. The number of nitrogens with one attached hydrogen (secondary N) is 3. The number of carboxylic acid groups (broad SMARTS) is 1. The molecular weight excluding hydrogens is 1910 g/mol. The van der Waals surface area contributed by atoms with E-state index in [2.05, 4.69) is 63.7 Å². The van der Waals surface area contributed by atoms with Gasteiger partial charge in [-0.05, 0) is 187 Å². The molecule has 0 aliphatic carbocycles. The Balaban J connectivity index is 0.000000755. The Bertz CT molecular complexity index is 4880. The maximum atomic E-state index is 14.4. The summed E-state index contributed by atoms with van der Waals surface area (Å²) in [6.07, 6.45) is -13.4. The highest BCUT2D eigenvalue weighted by atomic mass is 79.9. The highest BCUT2D eigenvalue weighted by Gasteiger charge is 2.50. The van der Waals surface area contributed by atoms with Crippen LogP contribution in [-0.4, -0.2) is 83.1 Å². The maximum absolute atomic E-state index is 14.4. The minimum atomic E-state index is -4.96. The quantitative estimate of drug-likeness (QED) is 0.0121. The Morgan fingerprint density at radius 2 is 0.881 bits per heavy atom. The highest BCUT2D eigenvalue weighted by molar-refractivity contribution is 9.11. The molecule has 17 nitrogen and oxygen atoms in total. The lowest BCUT2D eigenvalue weighted by atomic mass is 9.90. The van der Waals surface area contributed by atoms with E-state index < -0.39 is 114 Å². The van der Waals surface area contributed by atoms with Crippen molar-refractivity contribution in [2.24, 2.45) is 11.5 Å². The summed E-state index contributed by atoms with van der Waals surface area (Å²) in [7, 11) is -0.491. The smallest absolute Gasteiger partial charge is 0.478 e. The van der Waals surface area contributed by atoms with Crippen molar-refractivity contribution in [2.75, 3.05) is 6.61 Å². The van der Waals surface area contributed by atoms with Gasteiger partial charge in [0, 0.05) is 86.0 Å². The van der Waals surface area contributed by atoms with E-state index in [0.29, 0.717) is 81.3 Å². The fourth-order valence-corrected chi connectivity index (χ4v) is 11.0. The van der Waals surface area contributed by atoms with Gasteiger partial charge in [-0.2, -0.15) is 57.9 Å². The number of amides is 3. The molecule has 8 N–H and O–H groups in total. The molecule has 6 atom stereocenters. The summed E-state index contributed by atoms with van der Waals surface area (Å²) in [5.74, 6) is -6.04. The Hall–Kier alpha value is -9.62. The van der Waals surface area contributed by atoms with Crippen molar-refractivity contribution in [3.05, 3.63) is 267 Å². The van der Waals surface area contributed by atoms with Gasteiger partial charge in [-0.1, -0.05) is 148 Å². The van der Waals surface area contributed by atoms with Crippen LogP contribution in [0.3, 0.4) is 0 Å². The number of nitriles is 1. The topological polar surface area (TPSA) is 279 Å². The third-order valence-electron chi connectivity index (χ3n) is 17.5. The molecule has 7 aromatic carbocycles. The fraction of sp³-hybridized carbons (Fsp3) is 0.356. The molecule has 0 radical (unpaired) electrons. The van der Waals surface area contributed by atoms with Crippen LogP contribution in [0.2, 0.25) is 0 Å². The lowest BCUT2D eigenvalue weighted by molar-refractivity contribution is -0.156. The number of esters is 1. The van der Waals surface area contributed by atoms with Crippen LogP contribution in [0.5, 0.6) is 0 Å². The lowest BCUT2D eigenvalue weighted by Gasteiger charge is -2.32. The van der Waals surface area contributed by atoms with Gasteiger partial charge in [-0.25, -0.2) is 31.5 Å². The van der Waals surface area contributed by atoms with Crippen molar-refractivity contribution in [2.45, 2.75) is 194 Å². The van der Waals surface area contributed by atoms with Gasteiger partial charge >= 0.3 is 43.8 Å². The molecule has 3 amide bonds. The minimum Gasteiger partial charge on any atom is -0.478 e. The summed E-state index contributed by atoms with van der Waals surface area (Å²) in [6.45, 7) is 23.6. The Morgan fingerprint density at radius 3 is 1.21 bits per heavy atom. The predicted molar refractivity (Wildman–Crippen MR) is 456 cm³/mol. The molecule has 39 heteroatoms. The van der Waals surface area contributed by atoms with Gasteiger partial charge in [-0.15, -0.1) is 0 Å². The summed E-state index contributed by atoms with van der Waals surface area (Å²) in [4.78, 5) is 77.1. The van der Waals surface area contributed by atoms with Crippen LogP contribution < -0.4 is 27.4 Å². The van der Waals surface area contributed by atoms with Crippen molar-refractivity contribution in [3.63, 3.8) is 0 Å². The zero-order valence-corrected chi connectivity index (χ0v) is 75.6. The van der Waals surface area contributed by atoms with E-state index in [9.17, 15) is 108 Å². The van der Waals surface area contributed by atoms with Crippen molar-refractivity contribution < 1.29 is 127 Å². The number of ketones is 1. The average Bonchev–Trinajstić information content (AvgIpc) is 1.62. The molecule has 126 heavy (non-hydrogen) atoms. The number of hydrogen-bond acceptors (Lipinski definition) is 13. The second-order valence-electron chi connectivity index (χ2n) is 27.8. The van der Waals surface area contributed by atoms with Crippen molar-refractivity contribution in [1.82, 2.24) is 16.0 Å². The molecule has 1 aliphatic heterocycles. The van der Waals surface area contributed by atoms with Gasteiger partial charge in [-0.3, -0.25) is 24.0 Å². The van der Waals surface area contributed by atoms with E-state index in [0.717, 1.165) is 53.0 Å². The summed E-state index contributed by atoms with van der Waals surface area (Å²) < 4.78 is 238. The van der Waals surface area contributed by atoms with Crippen LogP contribution >= 0.6 is 59.4 Å². The number of allylic oxidation sites excluding steroid dienone is 1. The summed E-state index contributed by atoms with van der Waals surface area (Å²) in [5.41, 5.74) is 8.18. The van der Waals surface area contributed by atoms with E-state index in [-0.39, 0.29) is 87.0 Å². The highest BCUT2D eigenvalue weighted by Crippen LogP contribution is 2.42. The van der Waals surface area contributed by atoms with Crippen LogP contribution in [-0.2, 0) is 60.0 Å². The summed E-state index contributed by atoms with van der Waals surface area (Å²) >= 11 is 14.2. The number of alkyl halides is 12. The maximum Gasteiger partial charge on any atom is 0.487 e. The number of carbonyl (C=O) groups excluding carboxylic acids is 6. The lowest BCUT2D eigenvalue weighted by Crippen LogP contribution is -2.41. The molecule has 7 aromatic rings. The molecule has 6 unspecified atom stereocenters. The standard InChI is InChI=1S/C24H22F7NO2.C14H16FNO3.C11H19BO4.C11H13BrFNO.C9H7F6N.C8H9BrFN.C7H3BrFN.C3H5ClO/c1-3-22(34)32-14(2)19-10-8-15(11-21(19)25)7-9-18(33)13-20(24(29,30)31)16-5-4-6-17(12-16)23(26,27)28;1-3-13(17)16-9(2)11-6-4-10(8-12(11)15)5-7-14(18)19;1-6-14-9(13)7-8-12-15-10(2,3)11(4,5)16-12;1-3-11(15)14-7(2)9-5-4-8(12)6-10(9)13;10-8(11,12)6-3-1-2-5(4-6)7(16)9(13,14)15;1-5(11)7-3-2-6(9)4-8(7)10;8-6-2-1-5(4-10)7(9)3-6;1-2-3(4)5/h4-12,14,20H,3,13H2,1-2H3,(H,32,34);4-9H,3H2,1-2H3,(H,16,17)(H,18,19);7-8H,6H2,1-5H3;4-7H,3H2,1-2H3,(H,14,15);1-4,7H,16H2;2-5H,11H2,1H3;1-3H;2H2,1H3/b9-7+;7-5+;8-7+;;;;;. The van der Waals surface area contributed by atoms with Crippen molar-refractivity contribution >= 4 is 119 Å². The Kier molecular flexibility index (Phi) is 48.9. The largest absolute Gasteiger partial charge is 0.487 e. The fourth-order valence-electron chi connectivity index (χ4n) is 9.96. The molecule has 1 saturated heterocycles. The first kappa shape index (κ1) is 114. The molecule has 1 fully saturated rings. The Morgan fingerprint density at radius 1 is 0.516 bits per heavy atom. The van der Waals surface area contributed by atoms with Crippen molar-refractivity contribution in [1.29, 1.82) is 5.26 Å². The zero-order chi connectivity index (χ0) is 96.8. The van der Waals surface area contributed by atoms with Crippen LogP contribution in [0, 0.1) is 40.4 Å². The van der Waals surface area contributed by atoms with Gasteiger partial charge in [0.25, 0.3) is 0 Å². The van der Waals surface area contributed by atoms with Crippen LogP contribution in [0.1, 0.15) is 219 Å². The molecule has 0 saturated carbocycles. The van der Waals surface area contributed by atoms with Gasteiger partial charge < -0.3 is 46.6 Å². The number of aliphatic carboxylic acids is 1. The van der Waals surface area contributed by atoms with Gasteiger partial charge in [0.2, 0.25) is 23.0 Å². The molecule has 8 rings (SSSR count). The van der Waals surface area contributed by atoms with Crippen LogP contribution in [0.25, 0.3) is 12.2 Å². The molecule has 0 aromatic heterocycles. The number of nitrogens with two attached hydrogens (primary N) is 2. The number of halogens is 21.